The molecule has 23 heavy (non-hydrogen) atoms. The first-order chi connectivity index (χ1) is 10.9. The third-order valence-electron chi connectivity index (χ3n) is 3.61. The molecule has 124 valence electrons. The van der Waals surface area contributed by atoms with Gasteiger partial charge < -0.3 is 4.74 Å². The summed E-state index contributed by atoms with van der Waals surface area (Å²) in [5.41, 5.74) is 0.482. The van der Waals surface area contributed by atoms with E-state index in [1.165, 1.54) is 17.6 Å². The molecule has 2 heterocycles. The van der Waals surface area contributed by atoms with Crippen molar-refractivity contribution in [2.75, 3.05) is 31.7 Å². The molecule has 0 aliphatic carbocycles. The van der Waals surface area contributed by atoms with Crippen LogP contribution in [0.15, 0.2) is 23.2 Å². The van der Waals surface area contributed by atoms with Gasteiger partial charge in [0, 0.05) is 47.3 Å². The number of rotatable bonds is 3. The molecule has 1 saturated heterocycles. The fourth-order valence-electron chi connectivity index (χ4n) is 2.45. The maximum Gasteiger partial charge on any atom is 0.246 e. The third-order valence-corrected chi connectivity index (χ3v) is 7.20. The van der Waals surface area contributed by atoms with Crippen LogP contribution in [0, 0.1) is 0 Å². The highest BCUT2D eigenvalue weighted by molar-refractivity contribution is 7.99. The Hall–Kier alpha value is -0.730. The van der Waals surface area contributed by atoms with E-state index in [1.54, 1.807) is 23.9 Å². The maximum absolute atomic E-state index is 12.8. The van der Waals surface area contributed by atoms with Crippen LogP contribution in [0.3, 0.4) is 0 Å². The predicted molar refractivity (Wildman–Crippen MR) is 94.4 cm³/mol. The molecule has 2 aromatic rings. The summed E-state index contributed by atoms with van der Waals surface area (Å²) in [5, 5.41) is 0.986. The van der Waals surface area contributed by atoms with E-state index in [9.17, 15) is 8.42 Å². The molecular weight excluding hydrogens is 379 g/mol. The highest BCUT2D eigenvalue weighted by Crippen LogP contribution is 2.36. The van der Waals surface area contributed by atoms with Crippen molar-refractivity contribution in [3.05, 3.63) is 28.4 Å². The van der Waals surface area contributed by atoms with Crippen molar-refractivity contribution in [1.82, 2.24) is 9.29 Å². The topological polar surface area (TPSA) is 59.5 Å². The van der Waals surface area contributed by atoms with Gasteiger partial charge in [0.05, 0.1) is 12.1 Å². The monoisotopic (exact) mass is 392 g/mol. The minimum Gasteiger partial charge on any atom is -0.494 e. The molecule has 0 bridgehead atoms. The maximum atomic E-state index is 12.8. The second-order valence-electron chi connectivity index (χ2n) is 4.96. The molecular formula is C14H14Cl2N2O3S2. The van der Waals surface area contributed by atoms with Crippen molar-refractivity contribution >= 4 is 55.9 Å². The van der Waals surface area contributed by atoms with Crippen LogP contribution >= 0.6 is 35.0 Å². The number of thioether (sulfide) groups is 1. The zero-order valence-electron chi connectivity index (χ0n) is 12.3. The molecule has 3 rings (SSSR count). The number of pyridine rings is 1. The number of ether oxygens (including phenoxy) is 1. The van der Waals surface area contributed by atoms with Crippen molar-refractivity contribution in [2.45, 2.75) is 4.90 Å². The molecule has 0 atom stereocenters. The number of methoxy groups -OCH3 is 1. The lowest BCUT2D eigenvalue weighted by molar-refractivity contribution is 0.419. The van der Waals surface area contributed by atoms with Crippen LogP contribution in [-0.2, 0) is 10.0 Å². The normalized spacial score (nSPS) is 16.7. The fourth-order valence-corrected chi connectivity index (χ4v) is 5.74. The molecule has 0 spiro atoms. The van der Waals surface area contributed by atoms with E-state index >= 15 is 0 Å². The molecule has 1 aromatic carbocycles. The van der Waals surface area contributed by atoms with Gasteiger partial charge >= 0.3 is 0 Å². The van der Waals surface area contributed by atoms with Crippen LogP contribution < -0.4 is 4.74 Å². The van der Waals surface area contributed by atoms with Crippen LogP contribution in [0.25, 0.3) is 10.9 Å². The molecule has 1 fully saturated rings. The number of hydrogen-bond acceptors (Lipinski definition) is 5. The lowest BCUT2D eigenvalue weighted by Crippen LogP contribution is -2.38. The Morgan fingerprint density at radius 3 is 2.61 bits per heavy atom. The summed E-state index contributed by atoms with van der Waals surface area (Å²) in [6.45, 7) is 0.945. The Kier molecular flexibility index (Phi) is 4.94. The summed E-state index contributed by atoms with van der Waals surface area (Å²) in [5.74, 6) is 2.00. The van der Waals surface area contributed by atoms with Gasteiger partial charge in [-0.3, -0.25) is 4.98 Å². The molecule has 9 heteroatoms. The summed E-state index contributed by atoms with van der Waals surface area (Å²) in [7, 11) is -2.18. The van der Waals surface area contributed by atoms with Gasteiger partial charge in [-0.15, -0.1) is 0 Å². The van der Waals surface area contributed by atoms with Crippen LogP contribution in [0.2, 0.25) is 10.0 Å². The lowest BCUT2D eigenvalue weighted by atomic mass is 10.2. The van der Waals surface area contributed by atoms with E-state index in [0.29, 0.717) is 34.8 Å². The summed E-state index contributed by atoms with van der Waals surface area (Å²) < 4.78 is 32.3. The number of hydrogen-bond donors (Lipinski definition) is 0. The highest BCUT2D eigenvalue weighted by atomic mass is 35.5. The summed E-state index contributed by atoms with van der Waals surface area (Å²) >= 11 is 14.2. The van der Waals surface area contributed by atoms with Crippen molar-refractivity contribution in [1.29, 1.82) is 0 Å². The molecule has 0 N–H and O–H groups in total. The minimum absolute atomic E-state index is 0.00267. The zero-order valence-corrected chi connectivity index (χ0v) is 15.4. The van der Waals surface area contributed by atoms with Gasteiger partial charge in [-0.25, -0.2) is 8.42 Å². The second-order valence-corrected chi connectivity index (χ2v) is 8.90. The highest BCUT2D eigenvalue weighted by Gasteiger charge is 2.29. The average molecular weight is 393 g/mol. The SMILES string of the molecule is COc1cc(Cl)cc2c(Cl)c(S(=O)(=O)N3CCSCC3)cnc12. The Morgan fingerprint density at radius 2 is 1.96 bits per heavy atom. The van der Waals surface area contributed by atoms with E-state index in [4.69, 9.17) is 27.9 Å². The first-order valence-electron chi connectivity index (χ1n) is 6.85. The summed E-state index contributed by atoms with van der Waals surface area (Å²) in [4.78, 5) is 4.24. The average Bonchev–Trinajstić information content (AvgIpc) is 2.55. The number of aromatic nitrogens is 1. The number of nitrogens with zero attached hydrogens (tertiary/aromatic N) is 2. The Balaban J connectivity index is 2.17. The smallest absolute Gasteiger partial charge is 0.246 e. The Bertz CT molecular complexity index is 853. The fraction of sp³-hybridized carbons (Fsp3) is 0.357. The van der Waals surface area contributed by atoms with Gasteiger partial charge in [-0.05, 0) is 6.07 Å². The molecule has 1 aromatic heterocycles. The molecule has 0 radical (unpaired) electrons. The Morgan fingerprint density at radius 1 is 1.26 bits per heavy atom. The van der Waals surface area contributed by atoms with Crippen LogP contribution in [0.1, 0.15) is 0 Å². The number of sulfonamides is 1. The third kappa shape index (κ3) is 3.13. The lowest BCUT2D eigenvalue weighted by Gasteiger charge is -2.26. The van der Waals surface area contributed by atoms with Gasteiger partial charge in [0.2, 0.25) is 10.0 Å². The number of benzene rings is 1. The Labute approximate surface area is 149 Å². The van der Waals surface area contributed by atoms with Crippen molar-refractivity contribution in [3.8, 4) is 5.75 Å². The largest absolute Gasteiger partial charge is 0.494 e. The molecule has 5 nitrogen and oxygen atoms in total. The van der Waals surface area contributed by atoms with E-state index in [0.717, 1.165) is 11.5 Å². The van der Waals surface area contributed by atoms with Crippen LogP contribution in [0.5, 0.6) is 5.75 Å². The van der Waals surface area contributed by atoms with Crippen LogP contribution in [-0.4, -0.2) is 49.4 Å². The van der Waals surface area contributed by atoms with Gasteiger partial charge in [-0.1, -0.05) is 23.2 Å². The zero-order chi connectivity index (χ0) is 16.6. The molecule has 0 saturated carbocycles. The number of halogens is 2. The van der Waals surface area contributed by atoms with Gasteiger partial charge in [0.15, 0.2) is 0 Å². The van der Waals surface area contributed by atoms with Crippen LogP contribution in [0.4, 0.5) is 0 Å². The first kappa shape index (κ1) is 17.1. The molecule has 1 aliphatic rings. The van der Waals surface area contributed by atoms with E-state index in [1.807, 2.05) is 0 Å². The summed E-state index contributed by atoms with van der Waals surface area (Å²) in [6, 6.07) is 3.21. The number of fused-ring (bicyclic) bond motifs is 1. The van der Waals surface area contributed by atoms with E-state index in [2.05, 4.69) is 4.98 Å². The molecule has 0 unspecified atom stereocenters. The van der Waals surface area contributed by atoms with Gasteiger partial charge in [0.25, 0.3) is 0 Å². The van der Waals surface area contributed by atoms with Crippen molar-refractivity contribution < 1.29 is 13.2 Å². The molecule has 0 amide bonds. The standard InChI is InChI=1S/C14H14Cl2N2O3S2/c1-21-11-7-9(15)6-10-13(16)12(8-17-14(10)11)23(19,20)18-2-4-22-5-3-18/h6-8H,2-5H2,1H3. The van der Waals surface area contributed by atoms with Crippen molar-refractivity contribution in [3.63, 3.8) is 0 Å². The second kappa shape index (κ2) is 6.64. The minimum atomic E-state index is -3.67. The van der Waals surface area contributed by atoms with E-state index < -0.39 is 10.0 Å². The van der Waals surface area contributed by atoms with Gasteiger partial charge in [-0.2, -0.15) is 16.1 Å². The van der Waals surface area contributed by atoms with Crippen molar-refractivity contribution in [2.24, 2.45) is 0 Å². The van der Waals surface area contributed by atoms with E-state index in [-0.39, 0.29) is 9.92 Å². The molecule has 1 aliphatic heterocycles. The first-order valence-corrected chi connectivity index (χ1v) is 10.2. The van der Waals surface area contributed by atoms with Gasteiger partial charge in [0.1, 0.15) is 16.2 Å². The summed E-state index contributed by atoms with van der Waals surface area (Å²) in [6.07, 6.45) is 1.29. The predicted octanol–water partition coefficient (Wildman–Crippen LogP) is 3.29. The quantitative estimate of drug-likeness (QED) is 0.801.